The third kappa shape index (κ3) is 3.99. The molecule has 1 aromatic rings. The number of carbonyl (C=O) groups excluding carboxylic acids is 1. The van der Waals surface area contributed by atoms with Crippen LogP contribution in [0.15, 0.2) is 12.5 Å². The molecule has 1 heterocycles. The molecule has 15 heavy (non-hydrogen) atoms. The van der Waals surface area contributed by atoms with Gasteiger partial charge in [0.1, 0.15) is 6.61 Å². The standard InChI is InChI=1S/C9H16N4O2/c1-2-13-7-12-6-8(13)5-11-3-4-15-9(10)14/h6-7,11H,2-5H2,1H3,(H2,10,14). The molecular weight excluding hydrogens is 196 g/mol. The van der Waals surface area contributed by atoms with E-state index in [4.69, 9.17) is 5.73 Å². The van der Waals surface area contributed by atoms with Gasteiger partial charge < -0.3 is 20.4 Å². The lowest BCUT2D eigenvalue weighted by Crippen LogP contribution is -2.24. The summed E-state index contributed by atoms with van der Waals surface area (Å²) in [6, 6.07) is 0. The van der Waals surface area contributed by atoms with E-state index in [0.717, 1.165) is 12.2 Å². The number of carbonyl (C=O) groups is 1. The number of nitrogens with zero attached hydrogens (tertiary/aromatic N) is 2. The van der Waals surface area contributed by atoms with Crippen LogP contribution in [0.1, 0.15) is 12.6 Å². The van der Waals surface area contributed by atoms with Crippen molar-refractivity contribution in [3.8, 4) is 0 Å². The summed E-state index contributed by atoms with van der Waals surface area (Å²) in [7, 11) is 0. The molecule has 1 rings (SSSR count). The lowest BCUT2D eigenvalue weighted by atomic mass is 10.4. The van der Waals surface area contributed by atoms with Crippen molar-refractivity contribution in [3.05, 3.63) is 18.2 Å². The molecule has 1 amide bonds. The first-order valence-electron chi connectivity index (χ1n) is 4.86. The number of ether oxygens (including phenoxy) is 1. The second kappa shape index (κ2) is 6.02. The van der Waals surface area contributed by atoms with Crippen molar-refractivity contribution in [2.75, 3.05) is 13.2 Å². The van der Waals surface area contributed by atoms with Crippen molar-refractivity contribution >= 4 is 6.09 Å². The van der Waals surface area contributed by atoms with Crippen LogP contribution in [-0.4, -0.2) is 28.8 Å². The van der Waals surface area contributed by atoms with Gasteiger partial charge in [-0.05, 0) is 6.92 Å². The molecule has 0 radical (unpaired) electrons. The Hall–Kier alpha value is -1.56. The smallest absolute Gasteiger partial charge is 0.404 e. The Labute approximate surface area is 88.4 Å². The van der Waals surface area contributed by atoms with Gasteiger partial charge in [0, 0.05) is 25.8 Å². The molecule has 0 aliphatic carbocycles. The van der Waals surface area contributed by atoms with Gasteiger partial charge in [-0.15, -0.1) is 0 Å². The molecule has 0 aromatic carbocycles. The van der Waals surface area contributed by atoms with E-state index in [1.165, 1.54) is 0 Å². The summed E-state index contributed by atoms with van der Waals surface area (Å²) < 4.78 is 6.62. The largest absolute Gasteiger partial charge is 0.448 e. The number of rotatable bonds is 6. The summed E-state index contributed by atoms with van der Waals surface area (Å²) in [5.74, 6) is 0. The molecular formula is C9H16N4O2. The van der Waals surface area contributed by atoms with Gasteiger partial charge in [-0.3, -0.25) is 0 Å². The van der Waals surface area contributed by atoms with Crippen molar-refractivity contribution in [3.63, 3.8) is 0 Å². The van der Waals surface area contributed by atoms with Gasteiger partial charge in [-0.25, -0.2) is 9.78 Å². The monoisotopic (exact) mass is 212 g/mol. The number of nitrogens with two attached hydrogens (primary N) is 1. The van der Waals surface area contributed by atoms with Gasteiger partial charge in [-0.2, -0.15) is 0 Å². The first-order chi connectivity index (χ1) is 7.24. The van der Waals surface area contributed by atoms with Crippen molar-refractivity contribution < 1.29 is 9.53 Å². The van der Waals surface area contributed by atoms with E-state index in [1.807, 2.05) is 10.8 Å². The summed E-state index contributed by atoms with van der Waals surface area (Å²) in [5.41, 5.74) is 5.92. The van der Waals surface area contributed by atoms with Crippen molar-refractivity contribution in [1.29, 1.82) is 0 Å². The fourth-order valence-electron chi connectivity index (χ4n) is 1.22. The van der Waals surface area contributed by atoms with Crippen LogP contribution in [0.5, 0.6) is 0 Å². The molecule has 6 nitrogen and oxygen atoms in total. The van der Waals surface area contributed by atoms with Crippen LogP contribution < -0.4 is 11.1 Å². The SMILES string of the molecule is CCn1cncc1CNCCOC(N)=O. The minimum atomic E-state index is -0.740. The molecule has 3 N–H and O–H groups in total. The van der Waals surface area contributed by atoms with Gasteiger partial charge in [0.2, 0.25) is 0 Å². The lowest BCUT2D eigenvalue weighted by molar-refractivity contribution is 0.157. The molecule has 6 heteroatoms. The average Bonchev–Trinajstić information content (AvgIpc) is 2.64. The van der Waals surface area contributed by atoms with Gasteiger partial charge in [-0.1, -0.05) is 0 Å². The Kier molecular flexibility index (Phi) is 4.62. The van der Waals surface area contributed by atoms with E-state index in [2.05, 4.69) is 22.0 Å². The maximum absolute atomic E-state index is 10.2. The first kappa shape index (κ1) is 11.5. The van der Waals surface area contributed by atoms with E-state index >= 15 is 0 Å². The van der Waals surface area contributed by atoms with Crippen LogP contribution in [0.3, 0.4) is 0 Å². The third-order valence-corrected chi connectivity index (χ3v) is 1.97. The van der Waals surface area contributed by atoms with Crippen molar-refractivity contribution in [2.45, 2.75) is 20.0 Å². The molecule has 0 fully saturated rings. The number of primary amides is 1. The first-order valence-corrected chi connectivity index (χ1v) is 4.86. The fraction of sp³-hybridized carbons (Fsp3) is 0.556. The summed E-state index contributed by atoms with van der Waals surface area (Å²) in [5, 5.41) is 3.12. The third-order valence-electron chi connectivity index (χ3n) is 1.97. The predicted molar refractivity (Wildman–Crippen MR) is 55.1 cm³/mol. The van der Waals surface area contributed by atoms with Crippen LogP contribution in [0.25, 0.3) is 0 Å². The predicted octanol–water partition coefficient (Wildman–Crippen LogP) is 0.0879. The number of hydrogen-bond acceptors (Lipinski definition) is 4. The average molecular weight is 212 g/mol. The molecule has 0 saturated carbocycles. The highest BCUT2D eigenvalue weighted by Gasteiger charge is 1.99. The molecule has 84 valence electrons. The van der Waals surface area contributed by atoms with E-state index < -0.39 is 6.09 Å². The zero-order chi connectivity index (χ0) is 11.1. The second-order valence-corrected chi connectivity index (χ2v) is 3.02. The Balaban J connectivity index is 2.17. The van der Waals surface area contributed by atoms with Gasteiger partial charge in [0.25, 0.3) is 0 Å². The minimum absolute atomic E-state index is 0.287. The Morgan fingerprint density at radius 1 is 1.73 bits per heavy atom. The molecule has 0 saturated heterocycles. The van der Waals surface area contributed by atoms with E-state index in [0.29, 0.717) is 13.1 Å². The Morgan fingerprint density at radius 2 is 2.53 bits per heavy atom. The quantitative estimate of drug-likeness (QED) is 0.655. The zero-order valence-corrected chi connectivity index (χ0v) is 8.77. The van der Waals surface area contributed by atoms with Gasteiger partial charge in [0.15, 0.2) is 0 Å². The maximum Gasteiger partial charge on any atom is 0.404 e. The normalized spacial score (nSPS) is 10.2. The highest BCUT2D eigenvalue weighted by atomic mass is 16.5. The Morgan fingerprint density at radius 3 is 3.20 bits per heavy atom. The summed E-state index contributed by atoms with van der Waals surface area (Å²) in [6.07, 6.45) is 2.86. The molecule has 0 unspecified atom stereocenters. The lowest BCUT2D eigenvalue weighted by Gasteiger charge is -2.06. The van der Waals surface area contributed by atoms with Crippen LogP contribution in [0.4, 0.5) is 4.79 Å². The second-order valence-electron chi connectivity index (χ2n) is 3.02. The number of amides is 1. The molecule has 0 bridgehead atoms. The van der Waals surface area contributed by atoms with Crippen molar-refractivity contribution in [2.24, 2.45) is 5.73 Å². The van der Waals surface area contributed by atoms with Crippen LogP contribution in [-0.2, 0) is 17.8 Å². The molecule has 0 atom stereocenters. The van der Waals surface area contributed by atoms with Crippen LogP contribution >= 0.6 is 0 Å². The topological polar surface area (TPSA) is 82.2 Å². The maximum atomic E-state index is 10.2. The van der Waals surface area contributed by atoms with Gasteiger partial charge >= 0.3 is 6.09 Å². The summed E-state index contributed by atoms with van der Waals surface area (Å²) in [6.45, 7) is 4.53. The molecule has 0 spiro atoms. The molecule has 0 aliphatic rings. The van der Waals surface area contributed by atoms with Crippen molar-refractivity contribution in [1.82, 2.24) is 14.9 Å². The Bertz CT molecular complexity index is 311. The van der Waals surface area contributed by atoms with Crippen LogP contribution in [0.2, 0.25) is 0 Å². The van der Waals surface area contributed by atoms with Gasteiger partial charge in [0.05, 0.1) is 12.0 Å². The molecule has 0 aliphatic heterocycles. The van der Waals surface area contributed by atoms with E-state index in [1.54, 1.807) is 6.33 Å². The number of aryl methyl sites for hydroxylation is 1. The fourth-order valence-corrected chi connectivity index (χ4v) is 1.22. The highest BCUT2D eigenvalue weighted by Crippen LogP contribution is 1.97. The summed E-state index contributed by atoms with van der Waals surface area (Å²) >= 11 is 0. The van der Waals surface area contributed by atoms with Crippen LogP contribution in [0, 0.1) is 0 Å². The van der Waals surface area contributed by atoms with E-state index in [-0.39, 0.29) is 6.61 Å². The number of nitrogens with one attached hydrogen (secondary N) is 1. The molecule has 1 aromatic heterocycles. The number of imidazole rings is 1. The number of aromatic nitrogens is 2. The summed E-state index contributed by atoms with van der Waals surface area (Å²) in [4.78, 5) is 14.3. The zero-order valence-electron chi connectivity index (χ0n) is 8.77. The highest BCUT2D eigenvalue weighted by molar-refractivity contribution is 5.64. The van der Waals surface area contributed by atoms with E-state index in [9.17, 15) is 4.79 Å². The number of hydrogen-bond donors (Lipinski definition) is 2. The minimum Gasteiger partial charge on any atom is -0.448 e.